The Morgan fingerprint density at radius 1 is 1.21 bits per heavy atom. The molecule has 0 spiro atoms. The van der Waals surface area contributed by atoms with Gasteiger partial charge in [-0.1, -0.05) is 0 Å². The van der Waals surface area contributed by atoms with Gasteiger partial charge in [-0.25, -0.2) is 9.36 Å². The second-order valence-electron chi connectivity index (χ2n) is 5.62. The third kappa shape index (κ3) is 2.31. The van der Waals surface area contributed by atoms with Crippen LogP contribution in [0.5, 0.6) is 0 Å². The molecule has 124 valence electrons. The van der Waals surface area contributed by atoms with Crippen molar-refractivity contribution in [1.29, 1.82) is 0 Å². The molecule has 8 heteroatoms. The molecule has 0 bridgehead atoms. The zero-order chi connectivity index (χ0) is 16.8. The summed E-state index contributed by atoms with van der Waals surface area (Å²) in [5, 5.41) is 0.832. The number of aromatic nitrogens is 3. The predicted octanol–water partition coefficient (Wildman–Crippen LogP) is 1.50. The van der Waals surface area contributed by atoms with Crippen molar-refractivity contribution in [1.82, 2.24) is 13.5 Å². The van der Waals surface area contributed by atoms with E-state index in [4.69, 9.17) is 9.47 Å². The van der Waals surface area contributed by atoms with Crippen molar-refractivity contribution in [2.75, 3.05) is 13.2 Å². The number of rotatable bonds is 2. The first kappa shape index (κ1) is 15.3. The first-order valence-corrected chi connectivity index (χ1v) is 8.26. The van der Waals surface area contributed by atoms with E-state index in [1.165, 1.54) is 22.2 Å². The van der Waals surface area contributed by atoms with Gasteiger partial charge < -0.3 is 14.0 Å². The minimum Gasteiger partial charge on any atom is -0.345 e. The summed E-state index contributed by atoms with van der Waals surface area (Å²) in [4.78, 5) is 24.8. The van der Waals surface area contributed by atoms with Gasteiger partial charge in [-0.3, -0.25) is 4.79 Å². The molecule has 0 aliphatic carbocycles. The van der Waals surface area contributed by atoms with Gasteiger partial charge in [0, 0.05) is 24.2 Å². The van der Waals surface area contributed by atoms with Gasteiger partial charge >= 0.3 is 5.69 Å². The molecule has 1 aromatic carbocycles. The molecule has 7 nitrogen and oxygen atoms in total. The Labute approximate surface area is 140 Å². The molecule has 24 heavy (non-hydrogen) atoms. The second kappa shape index (κ2) is 5.66. The monoisotopic (exact) mass is 345 g/mol. The summed E-state index contributed by atoms with van der Waals surface area (Å²) in [6, 6.07) is 6.84. The van der Waals surface area contributed by atoms with E-state index >= 15 is 0 Å². The van der Waals surface area contributed by atoms with Crippen LogP contribution in [0.4, 0.5) is 0 Å². The van der Waals surface area contributed by atoms with E-state index in [1.54, 1.807) is 26.1 Å². The van der Waals surface area contributed by atoms with Crippen LogP contribution in [-0.4, -0.2) is 26.7 Å². The number of ether oxygens (including phenoxy) is 2. The van der Waals surface area contributed by atoms with Crippen LogP contribution >= 0.6 is 11.5 Å². The number of nitrogens with zero attached hydrogens (tertiary/aromatic N) is 3. The third-order valence-corrected chi connectivity index (χ3v) is 4.99. The highest BCUT2D eigenvalue weighted by Gasteiger charge is 2.24. The molecule has 1 aliphatic heterocycles. The van der Waals surface area contributed by atoms with E-state index in [9.17, 15) is 9.59 Å². The Kier molecular flexibility index (Phi) is 3.60. The van der Waals surface area contributed by atoms with Crippen LogP contribution in [0.2, 0.25) is 0 Å². The van der Waals surface area contributed by atoms with Crippen LogP contribution in [0.1, 0.15) is 17.7 Å². The Morgan fingerprint density at radius 2 is 1.96 bits per heavy atom. The number of hydrogen-bond acceptors (Lipinski definition) is 6. The molecule has 3 aromatic rings. The van der Waals surface area contributed by atoms with Crippen molar-refractivity contribution in [2.24, 2.45) is 7.05 Å². The molecule has 0 saturated carbocycles. The SMILES string of the molecule is Cc1cc(=O)n(-c2ccc3snc(C4OCCO4)c3c2)c(=O)n1C. The highest BCUT2D eigenvalue weighted by Crippen LogP contribution is 2.32. The van der Waals surface area contributed by atoms with Crippen molar-refractivity contribution >= 4 is 21.6 Å². The second-order valence-corrected chi connectivity index (χ2v) is 6.43. The fraction of sp³-hybridized carbons (Fsp3) is 0.312. The minimum atomic E-state index is -0.494. The van der Waals surface area contributed by atoms with Crippen LogP contribution in [0, 0.1) is 6.92 Å². The van der Waals surface area contributed by atoms with Gasteiger partial charge in [-0.05, 0) is 36.7 Å². The maximum Gasteiger partial charge on any atom is 0.335 e. The first-order chi connectivity index (χ1) is 11.6. The van der Waals surface area contributed by atoms with Gasteiger partial charge in [0.15, 0.2) is 0 Å². The summed E-state index contributed by atoms with van der Waals surface area (Å²) in [5.74, 6) is 0. The number of fused-ring (bicyclic) bond motifs is 1. The summed E-state index contributed by atoms with van der Waals surface area (Å²) >= 11 is 1.34. The van der Waals surface area contributed by atoms with Crippen molar-refractivity contribution in [3.63, 3.8) is 0 Å². The fourth-order valence-electron chi connectivity index (χ4n) is 2.74. The first-order valence-electron chi connectivity index (χ1n) is 7.49. The topological polar surface area (TPSA) is 75.4 Å². The Morgan fingerprint density at radius 3 is 2.71 bits per heavy atom. The van der Waals surface area contributed by atoms with Crippen LogP contribution in [0.3, 0.4) is 0 Å². The maximum absolute atomic E-state index is 12.5. The summed E-state index contributed by atoms with van der Waals surface area (Å²) < 4.78 is 19.0. The molecule has 4 rings (SSSR count). The standard InChI is InChI=1S/C16H15N3O4S/c1-9-7-13(20)19(16(21)18(9)2)10-3-4-12-11(8-10)14(17-24-12)15-22-5-6-23-15/h3-4,7-8,15H,5-6H2,1-2H3. The number of hydrogen-bond donors (Lipinski definition) is 0. The molecule has 0 amide bonds. The average Bonchev–Trinajstić information content (AvgIpc) is 3.21. The molecule has 0 N–H and O–H groups in total. The average molecular weight is 345 g/mol. The Bertz CT molecular complexity index is 1040. The lowest BCUT2D eigenvalue weighted by atomic mass is 10.2. The predicted molar refractivity (Wildman–Crippen MR) is 89.8 cm³/mol. The van der Waals surface area contributed by atoms with Crippen molar-refractivity contribution < 1.29 is 9.47 Å². The van der Waals surface area contributed by atoms with Crippen molar-refractivity contribution in [2.45, 2.75) is 13.2 Å². The molecule has 0 radical (unpaired) electrons. The Balaban J connectivity index is 1.93. The van der Waals surface area contributed by atoms with Gasteiger partial charge in [0.05, 0.1) is 23.6 Å². The third-order valence-electron chi connectivity index (χ3n) is 4.14. The van der Waals surface area contributed by atoms with Gasteiger partial charge in [-0.2, -0.15) is 4.37 Å². The highest BCUT2D eigenvalue weighted by atomic mass is 32.1. The normalized spacial score (nSPS) is 15.4. The lowest BCUT2D eigenvalue weighted by molar-refractivity contribution is -0.0455. The maximum atomic E-state index is 12.5. The van der Waals surface area contributed by atoms with E-state index < -0.39 is 6.29 Å². The van der Waals surface area contributed by atoms with Crippen molar-refractivity contribution in [3.8, 4) is 5.69 Å². The molecule has 0 atom stereocenters. The molecule has 1 saturated heterocycles. The summed E-state index contributed by atoms with van der Waals surface area (Å²) in [5.41, 5.74) is 1.08. The van der Waals surface area contributed by atoms with E-state index in [0.29, 0.717) is 30.3 Å². The molecule has 2 aromatic heterocycles. The summed E-state index contributed by atoms with van der Waals surface area (Å²) in [6.45, 7) is 2.79. The number of aryl methyl sites for hydroxylation is 1. The van der Waals surface area contributed by atoms with E-state index in [0.717, 1.165) is 14.7 Å². The lowest BCUT2D eigenvalue weighted by Gasteiger charge is -2.10. The largest absolute Gasteiger partial charge is 0.345 e. The number of benzene rings is 1. The van der Waals surface area contributed by atoms with Gasteiger partial charge in [0.25, 0.3) is 5.56 Å². The summed E-state index contributed by atoms with van der Waals surface area (Å²) in [6.07, 6.45) is -0.494. The van der Waals surface area contributed by atoms with Gasteiger partial charge in [0.1, 0.15) is 5.69 Å². The van der Waals surface area contributed by atoms with Gasteiger partial charge in [0.2, 0.25) is 6.29 Å². The lowest BCUT2D eigenvalue weighted by Crippen LogP contribution is -2.38. The minimum absolute atomic E-state index is 0.354. The van der Waals surface area contributed by atoms with E-state index in [2.05, 4.69) is 4.37 Å². The molecular weight excluding hydrogens is 330 g/mol. The van der Waals surface area contributed by atoms with Crippen molar-refractivity contribution in [3.05, 3.63) is 56.5 Å². The zero-order valence-corrected chi connectivity index (χ0v) is 14.0. The van der Waals surface area contributed by atoms with Crippen LogP contribution in [0.15, 0.2) is 33.9 Å². The molecule has 1 aliphatic rings. The summed E-state index contributed by atoms with van der Waals surface area (Å²) in [7, 11) is 1.64. The van der Waals surface area contributed by atoms with E-state index in [-0.39, 0.29) is 11.2 Å². The van der Waals surface area contributed by atoms with Crippen LogP contribution in [0.25, 0.3) is 15.8 Å². The highest BCUT2D eigenvalue weighted by molar-refractivity contribution is 7.13. The van der Waals surface area contributed by atoms with Crippen LogP contribution in [-0.2, 0) is 16.5 Å². The smallest absolute Gasteiger partial charge is 0.335 e. The molecule has 1 fully saturated rings. The molecular formula is C16H15N3O4S. The zero-order valence-electron chi connectivity index (χ0n) is 13.2. The van der Waals surface area contributed by atoms with Gasteiger partial charge in [-0.15, -0.1) is 0 Å². The molecule has 3 heterocycles. The fourth-order valence-corrected chi connectivity index (χ4v) is 3.52. The molecule has 0 unspecified atom stereocenters. The quantitative estimate of drug-likeness (QED) is 0.704. The Hall–Kier alpha value is -2.29. The van der Waals surface area contributed by atoms with Crippen LogP contribution < -0.4 is 11.2 Å². The van der Waals surface area contributed by atoms with E-state index in [1.807, 2.05) is 6.07 Å².